The molecule has 0 saturated heterocycles. The van der Waals surface area contributed by atoms with Crippen LogP contribution in [0.15, 0.2) is 36.4 Å². The zero-order chi connectivity index (χ0) is 13.2. The summed E-state index contributed by atoms with van der Waals surface area (Å²) in [5.74, 6) is 0.233. The first-order chi connectivity index (χ1) is 9.24. The number of aromatic nitrogens is 2. The van der Waals surface area contributed by atoms with Gasteiger partial charge in [-0.15, -0.1) is 5.10 Å². The van der Waals surface area contributed by atoms with Crippen molar-refractivity contribution in [2.45, 2.75) is 18.8 Å². The molecule has 96 valence electrons. The van der Waals surface area contributed by atoms with E-state index in [0.29, 0.717) is 22.3 Å². The second-order valence-corrected chi connectivity index (χ2v) is 4.96. The SMILES string of the molecule is O=C(Nc1ccccc1Cl)c1ccc(C2CC2)nn1. The molecule has 0 radical (unpaired) electrons. The molecule has 1 aromatic heterocycles. The van der Waals surface area contributed by atoms with Crippen molar-refractivity contribution in [3.8, 4) is 0 Å². The van der Waals surface area contributed by atoms with E-state index in [4.69, 9.17) is 11.6 Å². The van der Waals surface area contributed by atoms with Crippen LogP contribution in [0.2, 0.25) is 5.02 Å². The van der Waals surface area contributed by atoms with Gasteiger partial charge in [0.05, 0.1) is 16.4 Å². The number of nitrogens with zero attached hydrogens (tertiary/aromatic N) is 2. The minimum atomic E-state index is -0.303. The summed E-state index contributed by atoms with van der Waals surface area (Å²) in [7, 11) is 0. The van der Waals surface area contributed by atoms with E-state index >= 15 is 0 Å². The first-order valence-corrected chi connectivity index (χ1v) is 6.51. The Balaban J connectivity index is 1.74. The Morgan fingerprint density at radius 1 is 1.16 bits per heavy atom. The summed E-state index contributed by atoms with van der Waals surface area (Å²) in [5.41, 5.74) is 1.83. The highest BCUT2D eigenvalue weighted by Gasteiger charge is 2.25. The van der Waals surface area contributed by atoms with Gasteiger partial charge in [-0.05, 0) is 37.1 Å². The third-order valence-electron chi connectivity index (χ3n) is 3.04. The van der Waals surface area contributed by atoms with E-state index in [2.05, 4.69) is 15.5 Å². The Kier molecular flexibility index (Phi) is 3.17. The van der Waals surface area contributed by atoms with Gasteiger partial charge in [-0.2, -0.15) is 5.10 Å². The number of anilines is 1. The van der Waals surface area contributed by atoms with Gasteiger partial charge in [-0.25, -0.2) is 0 Å². The molecule has 1 amide bonds. The number of para-hydroxylation sites is 1. The molecule has 1 N–H and O–H groups in total. The molecule has 4 nitrogen and oxygen atoms in total. The summed E-state index contributed by atoms with van der Waals surface area (Å²) >= 11 is 5.98. The minimum Gasteiger partial charge on any atom is -0.319 e. The Bertz CT molecular complexity index is 608. The second-order valence-electron chi connectivity index (χ2n) is 4.55. The number of carbonyl (C=O) groups excluding carboxylic acids is 1. The average Bonchev–Trinajstić information content (AvgIpc) is 3.26. The summed E-state index contributed by atoms with van der Waals surface area (Å²) < 4.78 is 0. The number of benzene rings is 1. The molecule has 0 spiro atoms. The van der Waals surface area contributed by atoms with Crippen LogP contribution in [0.1, 0.15) is 34.9 Å². The fourth-order valence-corrected chi connectivity index (χ4v) is 1.99. The molecule has 1 saturated carbocycles. The molecular weight excluding hydrogens is 262 g/mol. The van der Waals surface area contributed by atoms with Crippen molar-refractivity contribution in [3.05, 3.63) is 52.8 Å². The van der Waals surface area contributed by atoms with Crippen LogP contribution in [-0.4, -0.2) is 16.1 Å². The van der Waals surface area contributed by atoms with Crippen LogP contribution < -0.4 is 5.32 Å². The molecule has 0 aliphatic heterocycles. The topological polar surface area (TPSA) is 54.9 Å². The molecule has 1 heterocycles. The molecular formula is C14H12ClN3O. The van der Waals surface area contributed by atoms with Crippen molar-refractivity contribution >= 4 is 23.2 Å². The highest BCUT2D eigenvalue weighted by Crippen LogP contribution is 2.38. The molecule has 0 bridgehead atoms. The van der Waals surface area contributed by atoms with E-state index in [1.807, 2.05) is 18.2 Å². The molecule has 3 rings (SSSR count). The fraction of sp³-hybridized carbons (Fsp3) is 0.214. The lowest BCUT2D eigenvalue weighted by Gasteiger charge is -2.06. The maximum Gasteiger partial charge on any atom is 0.276 e. The summed E-state index contributed by atoms with van der Waals surface area (Å²) in [4.78, 5) is 12.0. The van der Waals surface area contributed by atoms with Gasteiger partial charge in [-0.3, -0.25) is 4.79 Å². The summed E-state index contributed by atoms with van der Waals surface area (Å²) in [6.45, 7) is 0. The predicted octanol–water partition coefficient (Wildman–Crippen LogP) is 3.26. The van der Waals surface area contributed by atoms with Crippen LogP contribution in [0, 0.1) is 0 Å². The summed E-state index contributed by atoms with van der Waals surface area (Å²) in [6, 6.07) is 10.6. The van der Waals surface area contributed by atoms with Crippen LogP contribution in [0.3, 0.4) is 0 Å². The van der Waals surface area contributed by atoms with E-state index in [1.165, 1.54) is 12.8 Å². The average molecular weight is 274 g/mol. The van der Waals surface area contributed by atoms with Crippen LogP contribution in [0.4, 0.5) is 5.69 Å². The van der Waals surface area contributed by atoms with Gasteiger partial charge < -0.3 is 5.32 Å². The first kappa shape index (κ1) is 12.1. The van der Waals surface area contributed by atoms with Gasteiger partial charge in [0.25, 0.3) is 5.91 Å². The number of amides is 1. The molecule has 1 aliphatic carbocycles. The van der Waals surface area contributed by atoms with Crippen molar-refractivity contribution in [2.24, 2.45) is 0 Å². The van der Waals surface area contributed by atoms with Crippen molar-refractivity contribution in [1.82, 2.24) is 10.2 Å². The Morgan fingerprint density at radius 2 is 1.95 bits per heavy atom. The molecule has 0 atom stereocenters. The zero-order valence-electron chi connectivity index (χ0n) is 10.1. The molecule has 1 aromatic carbocycles. The smallest absolute Gasteiger partial charge is 0.276 e. The number of rotatable bonds is 3. The van der Waals surface area contributed by atoms with E-state index in [1.54, 1.807) is 18.2 Å². The normalized spacial score (nSPS) is 14.2. The lowest BCUT2D eigenvalue weighted by atomic mass is 10.2. The van der Waals surface area contributed by atoms with Gasteiger partial charge in [0, 0.05) is 5.92 Å². The minimum absolute atomic E-state index is 0.296. The highest BCUT2D eigenvalue weighted by atomic mass is 35.5. The van der Waals surface area contributed by atoms with E-state index in [-0.39, 0.29) is 5.91 Å². The van der Waals surface area contributed by atoms with Crippen molar-refractivity contribution in [2.75, 3.05) is 5.32 Å². The highest BCUT2D eigenvalue weighted by molar-refractivity contribution is 6.33. The van der Waals surface area contributed by atoms with E-state index in [9.17, 15) is 4.79 Å². The van der Waals surface area contributed by atoms with Crippen LogP contribution in [-0.2, 0) is 0 Å². The van der Waals surface area contributed by atoms with Gasteiger partial charge in [0.1, 0.15) is 0 Å². The van der Waals surface area contributed by atoms with Crippen LogP contribution in [0.5, 0.6) is 0 Å². The lowest BCUT2D eigenvalue weighted by Crippen LogP contribution is -2.14. The number of halogens is 1. The van der Waals surface area contributed by atoms with Gasteiger partial charge in [-0.1, -0.05) is 23.7 Å². The van der Waals surface area contributed by atoms with E-state index in [0.717, 1.165) is 5.69 Å². The maximum absolute atomic E-state index is 12.0. The van der Waals surface area contributed by atoms with Crippen LogP contribution >= 0.6 is 11.6 Å². The lowest BCUT2D eigenvalue weighted by molar-refractivity contribution is 0.102. The molecule has 19 heavy (non-hydrogen) atoms. The third kappa shape index (κ3) is 2.74. The monoisotopic (exact) mass is 273 g/mol. The predicted molar refractivity (Wildman–Crippen MR) is 73.4 cm³/mol. The molecule has 1 fully saturated rings. The molecule has 2 aromatic rings. The van der Waals surface area contributed by atoms with Crippen molar-refractivity contribution in [1.29, 1.82) is 0 Å². The number of carbonyl (C=O) groups is 1. The largest absolute Gasteiger partial charge is 0.319 e. The first-order valence-electron chi connectivity index (χ1n) is 6.13. The fourth-order valence-electron chi connectivity index (χ4n) is 1.81. The van der Waals surface area contributed by atoms with Crippen LogP contribution in [0.25, 0.3) is 0 Å². The number of nitrogens with one attached hydrogen (secondary N) is 1. The van der Waals surface area contributed by atoms with Crippen molar-refractivity contribution in [3.63, 3.8) is 0 Å². The maximum atomic E-state index is 12.0. The Morgan fingerprint density at radius 3 is 2.58 bits per heavy atom. The molecule has 1 aliphatic rings. The quantitative estimate of drug-likeness (QED) is 0.934. The van der Waals surface area contributed by atoms with Gasteiger partial charge in [0.2, 0.25) is 0 Å². The van der Waals surface area contributed by atoms with Crippen molar-refractivity contribution < 1.29 is 4.79 Å². The third-order valence-corrected chi connectivity index (χ3v) is 3.37. The van der Waals surface area contributed by atoms with Gasteiger partial charge in [0.15, 0.2) is 5.69 Å². The number of hydrogen-bond donors (Lipinski definition) is 1. The van der Waals surface area contributed by atoms with Gasteiger partial charge >= 0.3 is 0 Å². The Labute approximate surface area is 115 Å². The second kappa shape index (κ2) is 4.97. The molecule has 5 heteroatoms. The number of hydrogen-bond acceptors (Lipinski definition) is 3. The van der Waals surface area contributed by atoms with E-state index < -0.39 is 0 Å². The summed E-state index contributed by atoms with van der Waals surface area (Å²) in [6.07, 6.45) is 2.33. The Hall–Kier alpha value is -1.94. The molecule has 0 unspecified atom stereocenters. The summed E-state index contributed by atoms with van der Waals surface area (Å²) in [5, 5.41) is 11.3. The zero-order valence-corrected chi connectivity index (χ0v) is 10.9. The standard InChI is InChI=1S/C14H12ClN3O/c15-10-3-1-2-4-12(10)16-14(19)13-8-7-11(17-18-13)9-5-6-9/h1-4,7-9H,5-6H2,(H,16,19).